The number of hydrogen-bond acceptors (Lipinski definition) is 4. The Hall–Kier alpha value is -1.75. The minimum Gasteiger partial charge on any atom is -0.497 e. The highest BCUT2D eigenvalue weighted by molar-refractivity contribution is 5.79. The molecule has 1 aromatic carbocycles. The average Bonchev–Trinajstić information content (AvgIpc) is 2.36. The molecule has 5 nitrogen and oxygen atoms in total. The zero-order valence-electron chi connectivity index (χ0n) is 10.2. The summed E-state index contributed by atoms with van der Waals surface area (Å²) >= 11 is 0. The Bertz CT molecular complexity index is 350. The lowest BCUT2D eigenvalue weighted by molar-refractivity contribution is -0.139. The third kappa shape index (κ3) is 4.32. The molecule has 94 valence electrons. The number of methoxy groups -OCH3 is 1. The number of hydroxylamine groups is 1. The van der Waals surface area contributed by atoms with Gasteiger partial charge in [-0.15, -0.1) is 0 Å². The van der Waals surface area contributed by atoms with Crippen molar-refractivity contribution in [1.29, 1.82) is 0 Å². The minimum absolute atomic E-state index is 0.317. The summed E-state index contributed by atoms with van der Waals surface area (Å²) in [6.07, 6.45) is -0.616. The fourth-order valence-electron chi connectivity index (χ4n) is 1.14. The van der Waals surface area contributed by atoms with Gasteiger partial charge < -0.3 is 9.47 Å². The summed E-state index contributed by atoms with van der Waals surface area (Å²) in [4.78, 5) is 16.2. The molecule has 1 amide bonds. The molecule has 1 atom stereocenters. The number of amides is 1. The van der Waals surface area contributed by atoms with Gasteiger partial charge in [-0.3, -0.25) is 9.63 Å². The van der Waals surface area contributed by atoms with Crippen LogP contribution >= 0.6 is 0 Å². The molecule has 0 saturated carbocycles. The summed E-state index contributed by atoms with van der Waals surface area (Å²) in [6, 6.07) is 7.01. The first-order chi connectivity index (χ1) is 8.17. The maximum atomic E-state index is 11.4. The van der Waals surface area contributed by atoms with Gasteiger partial charge in [0, 0.05) is 0 Å². The lowest BCUT2D eigenvalue weighted by Crippen LogP contribution is -2.36. The number of rotatable bonds is 6. The van der Waals surface area contributed by atoms with E-state index < -0.39 is 6.10 Å². The molecular formula is C12H17NO4. The van der Waals surface area contributed by atoms with E-state index in [-0.39, 0.29) is 5.91 Å². The van der Waals surface area contributed by atoms with Crippen LogP contribution in [0.2, 0.25) is 0 Å². The zero-order chi connectivity index (χ0) is 12.7. The maximum Gasteiger partial charge on any atom is 0.284 e. The molecular weight excluding hydrogens is 222 g/mol. The Morgan fingerprint density at radius 3 is 2.41 bits per heavy atom. The van der Waals surface area contributed by atoms with Crippen LogP contribution in [-0.2, 0) is 9.63 Å². The molecule has 1 rings (SSSR count). The van der Waals surface area contributed by atoms with Gasteiger partial charge in [0.25, 0.3) is 5.91 Å². The molecule has 1 aromatic rings. The van der Waals surface area contributed by atoms with Gasteiger partial charge in [-0.05, 0) is 38.1 Å². The Balaban J connectivity index is 2.49. The predicted molar refractivity (Wildman–Crippen MR) is 62.9 cm³/mol. The molecule has 0 heterocycles. The van der Waals surface area contributed by atoms with Gasteiger partial charge in [0.2, 0.25) is 0 Å². The van der Waals surface area contributed by atoms with Crippen LogP contribution in [0.3, 0.4) is 0 Å². The number of carbonyl (C=O) groups is 1. The highest BCUT2D eigenvalue weighted by Gasteiger charge is 2.14. The van der Waals surface area contributed by atoms with E-state index in [1.807, 2.05) is 0 Å². The second-order valence-electron chi connectivity index (χ2n) is 3.33. The summed E-state index contributed by atoms with van der Waals surface area (Å²) in [7, 11) is 1.59. The van der Waals surface area contributed by atoms with Gasteiger partial charge in [-0.1, -0.05) is 0 Å². The first kappa shape index (κ1) is 13.3. The number of hydrogen-bond donors (Lipinski definition) is 1. The highest BCUT2D eigenvalue weighted by Crippen LogP contribution is 2.18. The molecule has 0 unspecified atom stereocenters. The summed E-state index contributed by atoms with van der Waals surface area (Å²) in [5, 5.41) is 0. The summed E-state index contributed by atoms with van der Waals surface area (Å²) in [5.74, 6) is 1.02. The number of nitrogens with one attached hydrogen (secondary N) is 1. The van der Waals surface area contributed by atoms with Crippen LogP contribution in [0.4, 0.5) is 0 Å². The van der Waals surface area contributed by atoms with Gasteiger partial charge in [0.15, 0.2) is 6.10 Å². The first-order valence-electron chi connectivity index (χ1n) is 5.39. The second kappa shape index (κ2) is 6.75. The van der Waals surface area contributed by atoms with Crippen LogP contribution in [0.1, 0.15) is 13.8 Å². The van der Waals surface area contributed by atoms with E-state index in [1.54, 1.807) is 45.2 Å². The van der Waals surface area contributed by atoms with E-state index in [1.165, 1.54) is 0 Å². The van der Waals surface area contributed by atoms with Crippen molar-refractivity contribution in [2.75, 3.05) is 13.7 Å². The van der Waals surface area contributed by atoms with E-state index in [0.717, 1.165) is 5.75 Å². The average molecular weight is 239 g/mol. The lowest BCUT2D eigenvalue weighted by atomic mass is 10.3. The normalized spacial score (nSPS) is 11.7. The molecule has 0 aromatic heterocycles. The van der Waals surface area contributed by atoms with Crippen molar-refractivity contribution >= 4 is 5.91 Å². The Kier molecular flexibility index (Phi) is 5.29. The van der Waals surface area contributed by atoms with Gasteiger partial charge in [-0.25, -0.2) is 5.48 Å². The zero-order valence-corrected chi connectivity index (χ0v) is 10.2. The molecule has 0 saturated heterocycles. The Labute approximate surface area is 101 Å². The van der Waals surface area contributed by atoms with Crippen LogP contribution in [0.25, 0.3) is 0 Å². The quantitative estimate of drug-likeness (QED) is 0.765. The molecule has 5 heteroatoms. The number of ether oxygens (including phenoxy) is 2. The molecule has 0 radical (unpaired) electrons. The third-order valence-electron chi connectivity index (χ3n) is 2.06. The SMILES string of the molecule is CCONC(=O)[C@@H](C)Oc1ccc(OC)cc1. The van der Waals surface area contributed by atoms with Crippen LogP contribution in [0.15, 0.2) is 24.3 Å². The minimum atomic E-state index is -0.616. The van der Waals surface area contributed by atoms with E-state index in [2.05, 4.69) is 5.48 Å². The second-order valence-corrected chi connectivity index (χ2v) is 3.33. The van der Waals surface area contributed by atoms with Gasteiger partial charge in [0.1, 0.15) is 11.5 Å². The van der Waals surface area contributed by atoms with Crippen molar-refractivity contribution in [2.24, 2.45) is 0 Å². The standard InChI is InChI=1S/C12H17NO4/c1-4-16-13-12(14)9(2)17-11-7-5-10(15-3)6-8-11/h5-9H,4H2,1-3H3,(H,13,14)/t9-/m1/s1. The van der Waals surface area contributed by atoms with Gasteiger partial charge >= 0.3 is 0 Å². The number of carbonyl (C=O) groups excluding carboxylic acids is 1. The Morgan fingerprint density at radius 1 is 1.29 bits per heavy atom. The van der Waals surface area contributed by atoms with Crippen LogP contribution < -0.4 is 15.0 Å². The van der Waals surface area contributed by atoms with Crippen molar-refractivity contribution in [2.45, 2.75) is 20.0 Å². The largest absolute Gasteiger partial charge is 0.497 e. The van der Waals surface area contributed by atoms with Crippen LogP contribution in [0, 0.1) is 0 Å². The number of benzene rings is 1. The van der Waals surface area contributed by atoms with Gasteiger partial charge in [-0.2, -0.15) is 0 Å². The summed E-state index contributed by atoms with van der Waals surface area (Å²) < 4.78 is 10.4. The summed E-state index contributed by atoms with van der Waals surface area (Å²) in [6.45, 7) is 3.86. The van der Waals surface area contributed by atoms with E-state index in [0.29, 0.717) is 12.4 Å². The lowest BCUT2D eigenvalue weighted by Gasteiger charge is -2.14. The van der Waals surface area contributed by atoms with Crippen molar-refractivity contribution in [3.63, 3.8) is 0 Å². The highest BCUT2D eigenvalue weighted by atomic mass is 16.7. The summed E-state index contributed by atoms with van der Waals surface area (Å²) in [5.41, 5.74) is 2.29. The van der Waals surface area contributed by atoms with Crippen LogP contribution in [-0.4, -0.2) is 25.7 Å². The monoisotopic (exact) mass is 239 g/mol. The van der Waals surface area contributed by atoms with E-state index in [9.17, 15) is 4.79 Å². The maximum absolute atomic E-state index is 11.4. The molecule has 17 heavy (non-hydrogen) atoms. The molecule has 0 aliphatic heterocycles. The molecule has 0 fully saturated rings. The molecule has 0 aliphatic carbocycles. The van der Waals surface area contributed by atoms with Crippen molar-refractivity contribution in [3.05, 3.63) is 24.3 Å². The fourth-order valence-corrected chi connectivity index (χ4v) is 1.14. The van der Waals surface area contributed by atoms with Crippen molar-refractivity contribution < 1.29 is 19.1 Å². The van der Waals surface area contributed by atoms with Crippen molar-refractivity contribution in [1.82, 2.24) is 5.48 Å². The van der Waals surface area contributed by atoms with Crippen LogP contribution in [0.5, 0.6) is 11.5 Å². The smallest absolute Gasteiger partial charge is 0.284 e. The van der Waals surface area contributed by atoms with E-state index in [4.69, 9.17) is 14.3 Å². The fraction of sp³-hybridized carbons (Fsp3) is 0.417. The predicted octanol–water partition coefficient (Wildman–Crippen LogP) is 1.53. The Morgan fingerprint density at radius 2 is 1.88 bits per heavy atom. The first-order valence-corrected chi connectivity index (χ1v) is 5.39. The third-order valence-corrected chi connectivity index (χ3v) is 2.06. The van der Waals surface area contributed by atoms with E-state index >= 15 is 0 Å². The molecule has 0 bridgehead atoms. The van der Waals surface area contributed by atoms with Crippen molar-refractivity contribution in [3.8, 4) is 11.5 Å². The molecule has 1 N–H and O–H groups in total. The molecule has 0 spiro atoms. The molecule has 0 aliphatic rings. The topological polar surface area (TPSA) is 56.8 Å². The van der Waals surface area contributed by atoms with Gasteiger partial charge in [0.05, 0.1) is 13.7 Å².